The van der Waals surface area contributed by atoms with Gasteiger partial charge in [0, 0.05) is 31.3 Å². The molecular formula is C20H22FNO4. The van der Waals surface area contributed by atoms with E-state index in [0.29, 0.717) is 25.1 Å². The van der Waals surface area contributed by atoms with Crippen LogP contribution in [0.1, 0.15) is 24.0 Å². The van der Waals surface area contributed by atoms with Crippen LogP contribution in [0.4, 0.5) is 4.39 Å². The number of benzene rings is 2. The largest absolute Gasteiger partial charge is 0.496 e. The molecule has 4 rings (SSSR count). The standard InChI is InChI=1S/C20H22FNO4/c1-24-17-11-19-18(25-13-26-19)10-14(17)12-22-8-6-20(23,7-9-22)15-2-4-16(21)5-3-15/h2-5,10-11,23H,6-9,12-13H2,1H3. The van der Waals surface area contributed by atoms with Gasteiger partial charge in [0.1, 0.15) is 11.6 Å². The first-order valence-electron chi connectivity index (χ1n) is 8.75. The molecule has 1 N–H and O–H groups in total. The summed E-state index contributed by atoms with van der Waals surface area (Å²) in [5.74, 6) is 1.92. The molecule has 0 aliphatic carbocycles. The number of likely N-dealkylation sites (tertiary alicyclic amines) is 1. The number of fused-ring (bicyclic) bond motifs is 1. The molecule has 2 aromatic carbocycles. The number of ether oxygens (including phenoxy) is 3. The molecule has 1 saturated heterocycles. The van der Waals surface area contributed by atoms with Crippen LogP contribution >= 0.6 is 0 Å². The Morgan fingerprint density at radius 3 is 2.42 bits per heavy atom. The molecule has 0 unspecified atom stereocenters. The minimum atomic E-state index is -0.900. The molecule has 138 valence electrons. The van der Waals surface area contributed by atoms with Crippen molar-refractivity contribution < 1.29 is 23.7 Å². The number of nitrogens with zero attached hydrogens (tertiary/aromatic N) is 1. The Morgan fingerprint density at radius 1 is 1.12 bits per heavy atom. The summed E-state index contributed by atoms with van der Waals surface area (Å²) in [7, 11) is 1.64. The second kappa shape index (κ2) is 6.78. The quantitative estimate of drug-likeness (QED) is 0.909. The summed E-state index contributed by atoms with van der Waals surface area (Å²) in [5, 5.41) is 10.9. The molecular weight excluding hydrogens is 337 g/mol. The molecule has 2 aliphatic rings. The van der Waals surface area contributed by atoms with Crippen LogP contribution in [0.3, 0.4) is 0 Å². The first-order chi connectivity index (χ1) is 12.6. The lowest BCUT2D eigenvalue weighted by Crippen LogP contribution is -2.42. The van der Waals surface area contributed by atoms with Gasteiger partial charge in [0.25, 0.3) is 0 Å². The van der Waals surface area contributed by atoms with Gasteiger partial charge in [0.15, 0.2) is 11.5 Å². The van der Waals surface area contributed by atoms with Gasteiger partial charge < -0.3 is 19.3 Å². The van der Waals surface area contributed by atoms with Crippen LogP contribution in [0, 0.1) is 5.82 Å². The molecule has 2 aromatic rings. The maximum Gasteiger partial charge on any atom is 0.231 e. The van der Waals surface area contributed by atoms with Crippen LogP contribution in [0.2, 0.25) is 0 Å². The summed E-state index contributed by atoms with van der Waals surface area (Å²) in [4.78, 5) is 2.28. The third kappa shape index (κ3) is 3.22. The maximum absolute atomic E-state index is 13.1. The summed E-state index contributed by atoms with van der Waals surface area (Å²) >= 11 is 0. The van der Waals surface area contributed by atoms with Crippen molar-refractivity contribution in [3.05, 3.63) is 53.3 Å². The first kappa shape index (κ1) is 17.1. The minimum absolute atomic E-state index is 0.232. The number of piperidine rings is 1. The molecule has 5 nitrogen and oxygen atoms in total. The van der Waals surface area contributed by atoms with E-state index in [9.17, 15) is 9.50 Å². The third-order valence-electron chi connectivity index (χ3n) is 5.23. The van der Waals surface area contributed by atoms with Crippen LogP contribution < -0.4 is 14.2 Å². The monoisotopic (exact) mass is 359 g/mol. The van der Waals surface area contributed by atoms with Crippen LogP contribution in [0.15, 0.2) is 36.4 Å². The lowest BCUT2D eigenvalue weighted by atomic mass is 9.84. The molecule has 0 amide bonds. The minimum Gasteiger partial charge on any atom is -0.496 e. The van der Waals surface area contributed by atoms with Gasteiger partial charge >= 0.3 is 0 Å². The Morgan fingerprint density at radius 2 is 1.77 bits per heavy atom. The molecule has 0 radical (unpaired) electrons. The fourth-order valence-corrected chi connectivity index (χ4v) is 3.65. The van der Waals surface area contributed by atoms with Gasteiger partial charge in [-0.15, -0.1) is 0 Å². The lowest BCUT2D eigenvalue weighted by Gasteiger charge is -2.38. The fourth-order valence-electron chi connectivity index (χ4n) is 3.65. The van der Waals surface area contributed by atoms with Crippen molar-refractivity contribution in [1.82, 2.24) is 4.90 Å². The Labute approximate surface area is 151 Å². The number of hydrogen-bond donors (Lipinski definition) is 1. The van der Waals surface area contributed by atoms with E-state index < -0.39 is 5.60 Å². The number of methoxy groups -OCH3 is 1. The van der Waals surface area contributed by atoms with Crippen molar-refractivity contribution >= 4 is 0 Å². The summed E-state index contributed by atoms with van der Waals surface area (Å²) in [6.07, 6.45) is 1.21. The van der Waals surface area contributed by atoms with Crippen molar-refractivity contribution in [2.24, 2.45) is 0 Å². The van der Waals surface area contributed by atoms with Gasteiger partial charge in [-0.3, -0.25) is 4.90 Å². The Bertz CT molecular complexity index is 785. The Balaban J connectivity index is 1.45. The van der Waals surface area contributed by atoms with E-state index in [4.69, 9.17) is 14.2 Å². The summed E-state index contributed by atoms with van der Waals surface area (Å²) in [6.45, 7) is 2.42. The summed E-state index contributed by atoms with van der Waals surface area (Å²) < 4.78 is 29.5. The van der Waals surface area contributed by atoms with Gasteiger partial charge in [-0.05, 0) is 36.6 Å². The van der Waals surface area contributed by atoms with Gasteiger partial charge in [0.2, 0.25) is 6.79 Å². The molecule has 0 bridgehead atoms. The van der Waals surface area contributed by atoms with E-state index in [2.05, 4.69) is 4.90 Å². The van der Waals surface area contributed by atoms with Crippen molar-refractivity contribution in [3.63, 3.8) is 0 Å². The van der Waals surface area contributed by atoms with Crippen molar-refractivity contribution in [2.75, 3.05) is 27.0 Å². The van der Waals surface area contributed by atoms with Crippen molar-refractivity contribution in [2.45, 2.75) is 25.0 Å². The Hall–Kier alpha value is -2.31. The van der Waals surface area contributed by atoms with Crippen LogP contribution in [-0.2, 0) is 12.1 Å². The van der Waals surface area contributed by atoms with Gasteiger partial charge in [-0.1, -0.05) is 12.1 Å². The zero-order chi connectivity index (χ0) is 18.1. The van der Waals surface area contributed by atoms with Crippen molar-refractivity contribution in [1.29, 1.82) is 0 Å². The first-order valence-corrected chi connectivity index (χ1v) is 8.75. The number of hydrogen-bond acceptors (Lipinski definition) is 5. The molecule has 0 atom stereocenters. The zero-order valence-corrected chi connectivity index (χ0v) is 14.7. The normalized spacial score (nSPS) is 18.7. The summed E-state index contributed by atoms with van der Waals surface area (Å²) in [5.41, 5.74) is 0.909. The van der Waals surface area contributed by atoms with E-state index in [1.807, 2.05) is 12.1 Å². The molecule has 0 spiro atoms. The van der Waals surface area contributed by atoms with Crippen LogP contribution in [-0.4, -0.2) is 37.0 Å². The predicted molar refractivity (Wildman–Crippen MR) is 93.9 cm³/mol. The second-order valence-corrected chi connectivity index (χ2v) is 6.83. The SMILES string of the molecule is COc1cc2c(cc1CN1CCC(O)(c3ccc(F)cc3)CC1)OCO2. The molecule has 26 heavy (non-hydrogen) atoms. The zero-order valence-electron chi connectivity index (χ0n) is 14.7. The fraction of sp³-hybridized carbons (Fsp3) is 0.400. The van der Waals surface area contributed by atoms with E-state index >= 15 is 0 Å². The predicted octanol–water partition coefficient (Wildman–Crippen LogP) is 3.05. The maximum atomic E-state index is 13.1. The van der Waals surface area contributed by atoms with Crippen molar-refractivity contribution in [3.8, 4) is 17.2 Å². The lowest BCUT2D eigenvalue weighted by molar-refractivity contribution is -0.0278. The van der Waals surface area contributed by atoms with E-state index in [-0.39, 0.29) is 12.6 Å². The highest BCUT2D eigenvalue weighted by molar-refractivity contribution is 5.51. The number of aliphatic hydroxyl groups is 1. The van der Waals surface area contributed by atoms with E-state index in [1.54, 1.807) is 19.2 Å². The van der Waals surface area contributed by atoms with Crippen LogP contribution in [0.5, 0.6) is 17.2 Å². The number of halogens is 1. The third-order valence-corrected chi connectivity index (χ3v) is 5.23. The Kier molecular flexibility index (Phi) is 4.46. The molecule has 2 aliphatic heterocycles. The van der Waals surface area contributed by atoms with Crippen LogP contribution in [0.25, 0.3) is 0 Å². The molecule has 0 saturated carbocycles. The van der Waals surface area contributed by atoms with Gasteiger partial charge in [-0.25, -0.2) is 4.39 Å². The molecule has 6 heteroatoms. The van der Waals surface area contributed by atoms with E-state index in [1.165, 1.54) is 12.1 Å². The highest BCUT2D eigenvalue weighted by Gasteiger charge is 2.34. The smallest absolute Gasteiger partial charge is 0.231 e. The average molecular weight is 359 g/mol. The topological polar surface area (TPSA) is 51.2 Å². The molecule has 1 fully saturated rings. The van der Waals surface area contributed by atoms with Gasteiger partial charge in [0.05, 0.1) is 12.7 Å². The van der Waals surface area contributed by atoms with E-state index in [0.717, 1.165) is 35.7 Å². The highest BCUT2D eigenvalue weighted by Crippen LogP contribution is 2.39. The summed E-state index contributed by atoms with van der Waals surface area (Å²) in [6, 6.07) is 9.96. The second-order valence-electron chi connectivity index (χ2n) is 6.83. The average Bonchev–Trinajstić information content (AvgIpc) is 3.11. The molecule has 0 aromatic heterocycles. The number of rotatable bonds is 4. The van der Waals surface area contributed by atoms with Gasteiger partial charge in [-0.2, -0.15) is 0 Å². The molecule has 2 heterocycles. The highest BCUT2D eigenvalue weighted by atomic mass is 19.1.